The van der Waals surface area contributed by atoms with Gasteiger partial charge in [-0.25, -0.2) is 0 Å². The van der Waals surface area contributed by atoms with E-state index >= 15 is 0 Å². The van der Waals surface area contributed by atoms with Crippen LogP contribution in [0.1, 0.15) is 50.7 Å². The monoisotopic (exact) mass is 364 g/mol. The van der Waals surface area contributed by atoms with Crippen LogP contribution in [0, 0.1) is 5.92 Å². The van der Waals surface area contributed by atoms with Gasteiger partial charge in [0.15, 0.2) is 0 Å². The molecule has 2 aromatic carbocycles. The summed E-state index contributed by atoms with van der Waals surface area (Å²) in [6.45, 7) is 5.75. The zero-order valence-electron chi connectivity index (χ0n) is 16.6. The Balaban J connectivity index is 1.65. The normalized spacial score (nSPS) is 21.0. The van der Waals surface area contributed by atoms with E-state index in [1.807, 2.05) is 0 Å². The van der Waals surface area contributed by atoms with Crippen LogP contribution in [0.4, 0.5) is 0 Å². The molecular weight excluding hydrogens is 332 g/mol. The van der Waals surface area contributed by atoms with Crippen molar-refractivity contribution < 1.29 is 4.79 Å². The van der Waals surface area contributed by atoms with E-state index in [1.165, 1.54) is 36.8 Å². The van der Waals surface area contributed by atoms with Crippen molar-refractivity contribution in [2.45, 2.75) is 64.7 Å². The Morgan fingerprint density at radius 3 is 1.85 bits per heavy atom. The fraction of sp³-hybridized carbons (Fsp3) is 0.458. The Hall–Kier alpha value is -2.13. The summed E-state index contributed by atoms with van der Waals surface area (Å²) in [5.41, 5.74) is 2.75. The number of carbonyl (C=O) groups excluding carboxylic acids is 1. The third-order valence-electron chi connectivity index (χ3n) is 5.85. The van der Waals surface area contributed by atoms with Crippen molar-refractivity contribution in [1.29, 1.82) is 0 Å². The molecule has 0 spiro atoms. The number of hydrogen-bond donors (Lipinski definition) is 1. The highest BCUT2D eigenvalue weighted by molar-refractivity contribution is 5.73. The van der Waals surface area contributed by atoms with E-state index in [0.29, 0.717) is 12.0 Å². The standard InChI is InChI=1S/C24H32N2O/c1-19(25-20(2)27)23-13-15-24(16-14-23)26(17-21-9-5-3-6-10-21)18-22-11-7-4-8-12-22/h3-12,19,23-24H,13-18H2,1-2H3,(H,25,27)/t19?,23-,24-. The smallest absolute Gasteiger partial charge is 0.217 e. The Bertz CT molecular complexity index is 651. The molecule has 0 radical (unpaired) electrons. The fourth-order valence-electron chi connectivity index (χ4n) is 4.36. The first-order chi connectivity index (χ1) is 13.1. The van der Waals surface area contributed by atoms with E-state index < -0.39 is 0 Å². The average Bonchev–Trinajstić information content (AvgIpc) is 2.69. The van der Waals surface area contributed by atoms with Gasteiger partial charge in [0.2, 0.25) is 5.91 Å². The molecular formula is C24H32N2O. The predicted octanol–water partition coefficient (Wildman–Crippen LogP) is 4.77. The molecule has 144 valence electrons. The second kappa shape index (κ2) is 9.70. The van der Waals surface area contributed by atoms with Crippen molar-refractivity contribution in [3.8, 4) is 0 Å². The molecule has 2 aromatic rings. The maximum absolute atomic E-state index is 11.4. The summed E-state index contributed by atoms with van der Waals surface area (Å²) in [5.74, 6) is 0.680. The van der Waals surface area contributed by atoms with Gasteiger partial charge < -0.3 is 5.32 Å². The molecule has 1 unspecified atom stereocenters. The van der Waals surface area contributed by atoms with Crippen LogP contribution >= 0.6 is 0 Å². The second-order valence-electron chi connectivity index (χ2n) is 7.93. The summed E-state index contributed by atoms with van der Waals surface area (Å²) < 4.78 is 0. The van der Waals surface area contributed by atoms with Crippen LogP contribution in [0.25, 0.3) is 0 Å². The third kappa shape index (κ3) is 5.93. The largest absolute Gasteiger partial charge is 0.354 e. The van der Waals surface area contributed by atoms with Crippen molar-refractivity contribution in [1.82, 2.24) is 10.2 Å². The van der Waals surface area contributed by atoms with Gasteiger partial charge in [0.1, 0.15) is 0 Å². The van der Waals surface area contributed by atoms with Crippen LogP contribution in [0.15, 0.2) is 60.7 Å². The number of rotatable bonds is 7. The van der Waals surface area contributed by atoms with E-state index in [-0.39, 0.29) is 11.9 Å². The molecule has 0 aromatic heterocycles. The van der Waals surface area contributed by atoms with Gasteiger partial charge in [-0.1, -0.05) is 60.7 Å². The minimum absolute atomic E-state index is 0.0828. The summed E-state index contributed by atoms with van der Waals surface area (Å²) >= 11 is 0. The quantitative estimate of drug-likeness (QED) is 0.767. The topological polar surface area (TPSA) is 32.3 Å². The molecule has 0 heterocycles. The van der Waals surface area contributed by atoms with E-state index in [0.717, 1.165) is 13.1 Å². The summed E-state index contributed by atoms with van der Waals surface area (Å²) in [6, 6.07) is 22.5. The lowest BCUT2D eigenvalue weighted by atomic mass is 9.81. The van der Waals surface area contributed by atoms with Crippen molar-refractivity contribution in [3.05, 3.63) is 71.8 Å². The fourth-order valence-corrected chi connectivity index (χ4v) is 4.36. The minimum atomic E-state index is 0.0828. The molecule has 0 aliphatic heterocycles. The molecule has 3 rings (SSSR count). The van der Waals surface area contributed by atoms with Gasteiger partial charge in [-0.15, -0.1) is 0 Å². The Morgan fingerprint density at radius 1 is 0.926 bits per heavy atom. The molecule has 1 saturated carbocycles. The van der Waals surface area contributed by atoms with E-state index in [2.05, 4.69) is 77.8 Å². The van der Waals surface area contributed by atoms with Crippen molar-refractivity contribution in [2.75, 3.05) is 0 Å². The number of amides is 1. The Morgan fingerprint density at radius 2 is 1.41 bits per heavy atom. The van der Waals surface area contributed by atoms with Crippen LogP contribution in [0.3, 0.4) is 0 Å². The maximum atomic E-state index is 11.4. The second-order valence-corrected chi connectivity index (χ2v) is 7.93. The molecule has 1 aliphatic rings. The molecule has 1 atom stereocenters. The summed E-state index contributed by atoms with van der Waals surface area (Å²) in [6.07, 6.45) is 4.78. The average molecular weight is 365 g/mol. The van der Waals surface area contributed by atoms with Gasteiger partial charge in [0, 0.05) is 32.1 Å². The number of nitrogens with one attached hydrogen (secondary N) is 1. The van der Waals surface area contributed by atoms with Gasteiger partial charge in [-0.3, -0.25) is 9.69 Å². The van der Waals surface area contributed by atoms with Crippen LogP contribution in [-0.4, -0.2) is 22.9 Å². The van der Waals surface area contributed by atoms with Crippen molar-refractivity contribution in [3.63, 3.8) is 0 Å². The lowest BCUT2D eigenvalue weighted by molar-refractivity contribution is -0.120. The zero-order valence-corrected chi connectivity index (χ0v) is 16.6. The van der Waals surface area contributed by atoms with Gasteiger partial charge >= 0.3 is 0 Å². The van der Waals surface area contributed by atoms with Crippen molar-refractivity contribution in [2.24, 2.45) is 5.92 Å². The van der Waals surface area contributed by atoms with Gasteiger partial charge in [0.25, 0.3) is 0 Å². The molecule has 0 saturated heterocycles. The molecule has 27 heavy (non-hydrogen) atoms. The first kappa shape index (κ1) is 19.6. The van der Waals surface area contributed by atoms with Gasteiger partial charge in [-0.05, 0) is 49.7 Å². The summed E-state index contributed by atoms with van der Waals surface area (Å²) in [4.78, 5) is 14.0. The highest BCUT2D eigenvalue weighted by atomic mass is 16.1. The van der Waals surface area contributed by atoms with Crippen LogP contribution in [0.5, 0.6) is 0 Å². The molecule has 1 aliphatic carbocycles. The summed E-state index contributed by atoms with van der Waals surface area (Å²) in [5, 5.41) is 3.08. The predicted molar refractivity (Wildman–Crippen MR) is 111 cm³/mol. The lowest BCUT2D eigenvalue weighted by Gasteiger charge is -2.39. The molecule has 3 heteroatoms. The number of nitrogens with zero attached hydrogens (tertiary/aromatic N) is 1. The molecule has 0 bridgehead atoms. The zero-order chi connectivity index (χ0) is 19.1. The first-order valence-electron chi connectivity index (χ1n) is 10.2. The SMILES string of the molecule is CC(=O)NC(C)[C@H]1CC[C@H](N(Cc2ccccc2)Cc2ccccc2)CC1. The number of carbonyl (C=O) groups is 1. The highest BCUT2D eigenvalue weighted by Crippen LogP contribution is 2.31. The van der Waals surface area contributed by atoms with E-state index in [4.69, 9.17) is 0 Å². The van der Waals surface area contributed by atoms with Gasteiger partial charge in [-0.2, -0.15) is 0 Å². The van der Waals surface area contributed by atoms with Crippen LogP contribution in [0.2, 0.25) is 0 Å². The first-order valence-corrected chi connectivity index (χ1v) is 10.2. The Kier molecular flexibility index (Phi) is 7.05. The van der Waals surface area contributed by atoms with Gasteiger partial charge in [0.05, 0.1) is 0 Å². The lowest BCUT2D eigenvalue weighted by Crippen LogP contribution is -2.42. The minimum Gasteiger partial charge on any atom is -0.354 e. The Labute approximate surface area is 163 Å². The molecule has 1 amide bonds. The van der Waals surface area contributed by atoms with E-state index in [9.17, 15) is 4.79 Å². The number of benzene rings is 2. The van der Waals surface area contributed by atoms with Crippen LogP contribution in [-0.2, 0) is 17.9 Å². The van der Waals surface area contributed by atoms with E-state index in [1.54, 1.807) is 6.92 Å². The molecule has 3 nitrogen and oxygen atoms in total. The van der Waals surface area contributed by atoms with Crippen LogP contribution < -0.4 is 5.32 Å². The summed E-state index contributed by atoms with van der Waals surface area (Å²) in [7, 11) is 0. The highest BCUT2D eigenvalue weighted by Gasteiger charge is 2.29. The third-order valence-corrected chi connectivity index (χ3v) is 5.85. The maximum Gasteiger partial charge on any atom is 0.217 e. The van der Waals surface area contributed by atoms with Crippen molar-refractivity contribution >= 4 is 5.91 Å². The molecule has 1 N–H and O–H groups in total. The molecule has 1 fully saturated rings. The number of hydrogen-bond acceptors (Lipinski definition) is 2.